The first kappa shape index (κ1) is 33.6. The first-order chi connectivity index (χ1) is 28.8. The van der Waals surface area contributed by atoms with Crippen LogP contribution >= 0.6 is 0 Å². The Morgan fingerprint density at radius 1 is 0.379 bits per heavy atom. The van der Waals surface area contributed by atoms with E-state index in [9.17, 15) is 0 Å². The van der Waals surface area contributed by atoms with Crippen LogP contribution in [0.1, 0.15) is 11.1 Å². The molecule has 0 saturated carbocycles. The van der Waals surface area contributed by atoms with Crippen LogP contribution in [-0.4, -0.2) is 4.57 Å². The zero-order chi connectivity index (χ0) is 38.4. The maximum atomic E-state index is 2.42. The Balaban J connectivity index is 1.00. The van der Waals surface area contributed by atoms with Gasteiger partial charge in [-0.25, -0.2) is 0 Å². The lowest BCUT2D eigenvalue weighted by atomic mass is 9.93. The van der Waals surface area contributed by atoms with Gasteiger partial charge in [0.15, 0.2) is 0 Å². The molecular weight excluding hydrogens is 701 g/mol. The average molecular weight is 739 g/mol. The monoisotopic (exact) mass is 738 g/mol. The molecule has 0 radical (unpaired) electrons. The van der Waals surface area contributed by atoms with Crippen molar-refractivity contribution in [3.05, 3.63) is 230 Å². The van der Waals surface area contributed by atoms with E-state index < -0.39 is 0 Å². The van der Waals surface area contributed by atoms with Gasteiger partial charge < -0.3 is 9.47 Å². The topological polar surface area (TPSA) is 8.17 Å². The van der Waals surface area contributed by atoms with Gasteiger partial charge in [-0.1, -0.05) is 176 Å². The van der Waals surface area contributed by atoms with Crippen LogP contribution in [0.25, 0.3) is 83.4 Å². The zero-order valence-electron chi connectivity index (χ0n) is 31.8. The molecule has 1 aromatic heterocycles. The highest BCUT2D eigenvalue weighted by Crippen LogP contribution is 2.45. The highest BCUT2D eigenvalue weighted by molar-refractivity contribution is 6.25. The van der Waals surface area contributed by atoms with Crippen molar-refractivity contribution in [2.24, 2.45) is 0 Å². The maximum absolute atomic E-state index is 2.42. The van der Waals surface area contributed by atoms with E-state index in [0.717, 1.165) is 28.2 Å². The highest BCUT2D eigenvalue weighted by atomic mass is 15.1. The highest BCUT2D eigenvalue weighted by Gasteiger charge is 2.22. The van der Waals surface area contributed by atoms with E-state index in [1.54, 1.807) is 0 Å². The minimum Gasteiger partial charge on any atom is -0.310 e. The summed E-state index contributed by atoms with van der Waals surface area (Å²) in [6.45, 7) is 0. The van der Waals surface area contributed by atoms with Crippen LogP contribution in [0.3, 0.4) is 0 Å². The lowest BCUT2D eigenvalue weighted by molar-refractivity contribution is 1.13. The Hall–Kier alpha value is -7.68. The average Bonchev–Trinajstić information content (AvgIpc) is 3.64. The minimum absolute atomic E-state index is 1.11. The second kappa shape index (κ2) is 14.1. The molecular formula is C56H38N2. The molecule has 1 heterocycles. The molecule has 0 fully saturated rings. The van der Waals surface area contributed by atoms with Gasteiger partial charge in [-0.05, 0) is 104 Å². The molecule has 2 nitrogen and oxygen atoms in total. The van der Waals surface area contributed by atoms with Crippen LogP contribution in [0, 0.1) is 0 Å². The van der Waals surface area contributed by atoms with Gasteiger partial charge in [-0.15, -0.1) is 0 Å². The number of fused-ring (bicyclic) bond motifs is 1. The smallest absolute Gasteiger partial charge is 0.0619 e. The molecule has 0 unspecified atom stereocenters. The fraction of sp³-hybridized carbons (Fsp3) is 0. The Kier molecular flexibility index (Phi) is 8.19. The fourth-order valence-corrected chi connectivity index (χ4v) is 8.87. The standard InChI is InChI=1S/C56H38N2/c1-5-14-41(15-6-1)55-50-38-40(28-36-52(50)58(47-22-11-4-12-23-47)56(55)45-16-7-2-8-17-45)25-24-39-26-33-48(34-27-39)57(46-20-9-3-10-21-46)51-37-32-44-30-29-42-18-13-19-43-31-35-49(51)54(44)53(42)43/h1-38H. The number of anilines is 3. The van der Waals surface area contributed by atoms with Crippen molar-refractivity contribution >= 4 is 72.4 Å². The van der Waals surface area contributed by atoms with E-state index in [2.05, 4.69) is 240 Å². The van der Waals surface area contributed by atoms with Crippen LogP contribution in [0.5, 0.6) is 0 Å². The summed E-state index contributed by atoms with van der Waals surface area (Å²) in [6, 6.07) is 79.0. The van der Waals surface area contributed by atoms with Gasteiger partial charge >= 0.3 is 0 Å². The SMILES string of the molecule is C(=Cc1ccc2c(c1)c(-c1ccccc1)c(-c1ccccc1)n2-c1ccccc1)c1ccc(N(c2ccccc2)c2ccc3ccc4cccc5ccc2c3c45)cc1. The predicted molar refractivity (Wildman–Crippen MR) is 248 cm³/mol. The third-order valence-corrected chi connectivity index (χ3v) is 11.5. The van der Waals surface area contributed by atoms with Crippen molar-refractivity contribution in [1.82, 2.24) is 4.57 Å². The fourth-order valence-electron chi connectivity index (χ4n) is 8.87. The molecule has 0 amide bonds. The normalized spacial score (nSPS) is 11.7. The largest absolute Gasteiger partial charge is 0.310 e. The summed E-state index contributed by atoms with van der Waals surface area (Å²) >= 11 is 0. The molecule has 0 aliphatic rings. The number of nitrogens with zero attached hydrogens (tertiary/aromatic N) is 2. The van der Waals surface area contributed by atoms with Crippen molar-refractivity contribution < 1.29 is 0 Å². The summed E-state index contributed by atoms with van der Waals surface area (Å²) in [5.41, 5.74) is 12.8. The van der Waals surface area contributed by atoms with Crippen molar-refractivity contribution in [2.75, 3.05) is 4.90 Å². The molecule has 0 bridgehead atoms. The third-order valence-electron chi connectivity index (χ3n) is 11.5. The van der Waals surface area contributed by atoms with E-state index in [4.69, 9.17) is 0 Å². The van der Waals surface area contributed by atoms with Gasteiger partial charge in [0, 0.05) is 33.4 Å². The molecule has 272 valence electrons. The molecule has 0 atom stereocenters. The summed E-state index contributed by atoms with van der Waals surface area (Å²) in [5, 5.41) is 8.92. The number of rotatable bonds is 8. The molecule has 10 aromatic carbocycles. The summed E-state index contributed by atoms with van der Waals surface area (Å²) in [6.07, 6.45) is 4.46. The van der Waals surface area contributed by atoms with Gasteiger partial charge in [-0.3, -0.25) is 0 Å². The molecule has 2 heteroatoms. The van der Waals surface area contributed by atoms with E-state index in [1.807, 2.05) is 0 Å². The number of hydrogen-bond donors (Lipinski definition) is 0. The van der Waals surface area contributed by atoms with Gasteiger partial charge in [0.2, 0.25) is 0 Å². The molecule has 58 heavy (non-hydrogen) atoms. The van der Waals surface area contributed by atoms with Gasteiger partial charge in [0.05, 0.1) is 16.9 Å². The molecule has 0 aliphatic heterocycles. The van der Waals surface area contributed by atoms with Crippen LogP contribution < -0.4 is 4.90 Å². The number of para-hydroxylation sites is 2. The van der Waals surface area contributed by atoms with Crippen LogP contribution in [0.4, 0.5) is 17.1 Å². The van der Waals surface area contributed by atoms with Gasteiger partial charge in [0.1, 0.15) is 0 Å². The summed E-state index contributed by atoms with van der Waals surface area (Å²) < 4.78 is 2.42. The van der Waals surface area contributed by atoms with Crippen molar-refractivity contribution in [3.63, 3.8) is 0 Å². The number of hydrogen-bond acceptors (Lipinski definition) is 1. The third kappa shape index (κ3) is 5.74. The summed E-state index contributed by atoms with van der Waals surface area (Å²) in [5.74, 6) is 0. The van der Waals surface area contributed by atoms with E-state index >= 15 is 0 Å². The van der Waals surface area contributed by atoms with Gasteiger partial charge in [-0.2, -0.15) is 0 Å². The zero-order valence-corrected chi connectivity index (χ0v) is 31.8. The molecule has 11 aromatic rings. The summed E-state index contributed by atoms with van der Waals surface area (Å²) in [7, 11) is 0. The van der Waals surface area contributed by atoms with Crippen LogP contribution in [0.2, 0.25) is 0 Å². The van der Waals surface area contributed by atoms with Crippen molar-refractivity contribution in [1.29, 1.82) is 0 Å². The molecule has 0 spiro atoms. The van der Waals surface area contributed by atoms with E-state index in [1.165, 1.54) is 71.3 Å². The maximum Gasteiger partial charge on any atom is 0.0619 e. The molecule has 0 saturated heterocycles. The minimum atomic E-state index is 1.11. The first-order valence-corrected chi connectivity index (χ1v) is 19.9. The van der Waals surface area contributed by atoms with Crippen LogP contribution in [-0.2, 0) is 0 Å². The Morgan fingerprint density at radius 3 is 1.64 bits per heavy atom. The second-order valence-corrected chi connectivity index (χ2v) is 14.9. The molecule has 11 rings (SSSR count). The Morgan fingerprint density at radius 2 is 0.931 bits per heavy atom. The second-order valence-electron chi connectivity index (χ2n) is 14.9. The lowest BCUT2D eigenvalue weighted by Gasteiger charge is -2.27. The van der Waals surface area contributed by atoms with Crippen molar-refractivity contribution in [3.8, 4) is 28.1 Å². The van der Waals surface area contributed by atoms with E-state index in [0.29, 0.717) is 0 Å². The van der Waals surface area contributed by atoms with Crippen molar-refractivity contribution in [2.45, 2.75) is 0 Å². The summed E-state index contributed by atoms with van der Waals surface area (Å²) in [4.78, 5) is 2.39. The van der Waals surface area contributed by atoms with Crippen LogP contribution in [0.15, 0.2) is 218 Å². The molecule has 0 N–H and O–H groups in total. The molecule has 0 aliphatic carbocycles. The Labute approximate surface area is 338 Å². The predicted octanol–water partition coefficient (Wildman–Crippen LogP) is 15.5. The number of benzene rings is 10. The quantitative estimate of drug-likeness (QED) is 0.111. The lowest BCUT2D eigenvalue weighted by Crippen LogP contribution is -2.10. The number of aromatic nitrogens is 1. The Bertz CT molecular complexity index is 3220. The van der Waals surface area contributed by atoms with Gasteiger partial charge in [0.25, 0.3) is 0 Å². The first-order valence-electron chi connectivity index (χ1n) is 19.9. The van der Waals surface area contributed by atoms with E-state index in [-0.39, 0.29) is 0 Å².